The molecule has 4 rings (SSSR count). The van der Waals surface area contributed by atoms with Gasteiger partial charge in [0, 0.05) is 30.2 Å². The summed E-state index contributed by atoms with van der Waals surface area (Å²) in [5.41, 5.74) is 2.46. The van der Waals surface area contributed by atoms with Crippen LogP contribution in [-0.4, -0.2) is 42.3 Å². The number of fused-ring (bicyclic) bond motifs is 1. The summed E-state index contributed by atoms with van der Waals surface area (Å²) in [6.07, 6.45) is 7.92. The molecule has 182 valence electrons. The first-order chi connectivity index (χ1) is 16.4. The highest BCUT2D eigenvalue weighted by Gasteiger charge is 2.50. The maximum absolute atomic E-state index is 13.5. The van der Waals surface area contributed by atoms with E-state index in [1.165, 1.54) is 5.56 Å². The Bertz CT molecular complexity index is 1030. The van der Waals surface area contributed by atoms with Gasteiger partial charge < -0.3 is 19.5 Å². The summed E-state index contributed by atoms with van der Waals surface area (Å²) in [5.74, 6) is 1.80. The molecule has 0 bridgehead atoms. The van der Waals surface area contributed by atoms with Gasteiger partial charge in [0.15, 0.2) is 0 Å². The van der Waals surface area contributed by atoms with E-state index in [1.54, 1.807) is 20.3 Å². The molecule has 0 unspecified atom stereocenters. The molecular weight excluding hydrogens is 426 g/mol. The summed E-state index contributed by atoms with van der Waals surface area (Å²) in [6, 6.07) is 13.8. The molecule has 1 N–H and O–H groups in total. The zero-order valence-electron chi connectivity index (χ0n) is 20.8. The SMILES string of the molecule is COc1ccc([C@H]2[C@@H]3CCCC[C@@]3(O)CCN2C(=O)/C=C/c2ccc(C(C)C)cc2)c(OC)c1. The highest BCUT2D eigenvalue weighted by atomic mass is 16.5. The molecular formula is C29H37NO4. The molecule has 2 aromatic rings. The number of likely N-dealkylation sites (tertiary alicyclic amines) is 1. The van der Waals surface area contributed by atoms with Crippen LogP contribution >= 0.6 is 0 Å². The van der Waals surface area contributed by atoms with Crippen molar-refractivity contribution >= 4 is 12.0 Å². The van der Waals surface area contributed by atoms with Crippen LogP contribution in [0.5, 0.6) is 11.5 Å². The van der Waals surface area contributed by atoms with Crippen molar-refractivity contribution in [3.8, 4) is 11.5 Å². The minimum Gasteiger partial charge on any atom is -0.497 e. The molecule has 34 heavy (non-hydrogen) atoms. The molecule has 1 aliphatic heterocycles. The van der Waals surface area contributed by atoms with E-state index in [-0.39, 0.29) is 17.9 Å². The Balaban J connectivity index is 1.66. The lowest BCUT2D eigenvalue weighted by atomic mass is 9.66. The monoisotopic (exact) mass is 463 g/mol. The number of carbonyl (C=O) groups is 1. The van der Waals surface area contributed by atoms with E-state index in [4.69, 9.17) is 9.47 Å². The van der Waals surface area contributed by atoms with E-state index < -0.39 is 5.60 Å². The van der Waals surface area contributed by atoms with Crippen molar-refractivity contribution in [2.75, 3.05) is 20.8 Å². The van der Waals surface area contributed by atoms with Crippen molar-refractivity contribution in [3.05, 3.63) is 65.2 Å². The first-order valence-corrected chi connectivity index (χ1v) is 12.4. The van der Waals surface area contributed by atoms with Crippen LogP contribution in [0.4, 0.5) is 0 Å². The first kappa shape index (κ1) is 24.3. The molecule has 5 nitrogen and oxygen atoms in total. The third-order valence-electron chi connectivity index (χ3n) is 7.63. The van der Waals surface area contributed by atoms with Gasteiger partial charge in [-0.25, -0.2) is 0 Å². The van der Waals surface area contributed by atoms with Crippen molar-refractivity contribution in [3.63, 3.8) is 0 Å². The number of hydrogen-bond acceptors (Lipinski definition) is 4. The Morgan fingerprint density at radius 3 is 2.53 bits per heavy atom. The summed E-state index contributed by atoms with van der Waals surface area (Å²) in [6.45, 7) is 4.86. The van der Waals surface area contributed by atoms with E-state index in [1.807, 2.05) is 29.2 Å². The van der Waals surface area contributed by atoms with Crippen LogP contribution in [0.1, 0.15) is 74.6 Å². The fourth-order valence-electron chi connectivity index (χ4n) is 5.63. The van der Waals surface area contributed by atoms with Crippen molar-refractivity contribution in [1.82, 2.24) is 4.90 Å². The molecule has 5 heteroatoms. The van der Waals surface area contributed by atoms with Crippen LogP contribution in [0, 0.1) is 5.92 Å². The normalized spacial score (nSPS) is 24.8. The maximum atomic E-state index is 13.5. The predicted molar refractivity (Wildman–Crippen MR) is 135 cm³/mol. The van der Waals surface area contributed by atoms with E-state index in [9.17, 15) is 9.90 Å². The van der Waals surface area contributed by atoms with E-state index in [2.05, 4.69) is 38.1 Å². The zero-order valence-corrected chi connectivity index (χ0v) is 20.8. The topological polar surface area (TPSA) is 59.0 Å². The summed E-state index contributed by atoms with van der Waals surface area (Å²) in [7, 11) is 3.27. The van der Waals surface area contributed by atoms with Gasteiger partial charge in [-0.3, -0.25) is 4.79 Å². The fourth-order valence-corrected chi connectivity index (χ4v) is 5.63. The van der Waals surface area contributed by atoms with Crippen molar-refractivity contribution in [2.45, 2.75) is 63.5 Å². The van der Waals surface area contributed by atoms with Crippen molar-refractivity contribution < 1.29 is 19.4 Å². The van der Waals surface area contributed by atoms with Crippen LogP contribution in [0.3, 0.4) is 0 Å². The maximum Gasteiger partial charge on any atom is 0.247 e. The van der Waals surface area contributed by atoms with E-state index in [0.29, 0.717) is 30.4 Å². The number of piperidine rings is 1. The molecule has 0 aromatic heterocycles. The summed E-state index contributed by atoms with van der Waals surface area (Å²) < 4.78 is 11.1. The van der Waals surface area contributed by atoms with Gasteiger partial charge >= 0.3 is 0 Å². The Morgan fingerprint density at radius 2 is 1.85 bits per heavy atom. The third-order valence-corrected chi connectivity index (χ3v) is 7.63. The van der Waals surface area contributed by atoms with Crippen molar-refractivity contribution in [1.29, 1.82) is 0 Å². The lowest BCUT2D eigenvalue weighted by molar-refractivity contribution is -0.151. The lowest BCUT2D eigenvalue weighted by Gasteiger charge is -2.52. The van der Waals surface area contributed by atoms with Crippen LogP contribution in [0.2, 0.25) is 0 Å². The quantitative estimate of drug-likeness (QED) is 0.556. The Kier molecular flexibility index (Phi) is 7.32. The smallest absolute Gasteiger partial charge is 0.247 e. The Labute approximate surface area is 203 Å². The fraction of sp³-hybridized carbons (Fsp3) is 0.483. The molecule has 1 amide bonds. The van der Waals surface area contributed by atoms with Gasteiger partial charge in [-0.15, -0.1) is 0 Å². The number of amides is 1. The van der Waals surface area contributed by atoms with Gasteiger partial charge in [0.1, 0.15) is 11.5 Å². The van der Waals surface area contributed by atoms with Crippen LogP contribution in [0.25, 0.3) is 6.08 Å². The minimum absolute atomic E-state index is 0.0278. The number of hydrogen-bond donors (Lipinski definition) is 1. The number of aliphatic hydroxyl groups is 1. The molecule has 2 fully saturated rings. The van der Waals surface area contributed by atoms with Crippen LogP contribution < -0.4 is 9.47 Å². The van der Waals surface area contributed by atoms with Crippen LogP contribution in [-0.2, 0) is 4.79 Å². The number of carbonyl (C=O) groups excluding carboxylic acids is 1. The highest BCUT2D eigenvalue weighted by molar-refractivity contribution is 5.92. The molecule has 0 spiro atoms. The van der Waals surface area contributed by atoms with Gasteiger partial charge in [0.2, 0.25) is 5.91 Å². The molecule has 0 radical (unpaired) electrons. The van der Waals surface area contributed by atoms with Gasteiger partial charge in [-0.2, -0.15) is 0 Å². The number of rotatable bonds is 6. The average molecular weight is 464 g/mol. The molecule has 3 atom stereocenters. The largest absolute Gasteiger partial charge is 0.497 e. The average Bonchev–Trinajstić information content (AvgIpc) is 2.86. The third kappa shape index (κ3) is 4.85. The second kappa shape index (κ2) is 10.2. The van der Waals surface area contributed by atoms with Gasteiger partial charge in [-0.1, -0.05) is 51.0 Å². The van der Waals surface area contributed by atoms with Crippen molar-refractivity contribution in [2.24, 2.45) is 5.92 Å². The summed E-state index contributed by atoms with van der Waals surface area (Å²) in [4.78, 5) is 15.4. The Hall–Kier alpha value is -2.79. The minimum atomic E-state index is -0.749. The highest BCUT2D eigenvalue weighted by Crippen LogP contribution is 2.51. The second-order valence-corrected chi connectivity index (χ2v) is 9.94. The first-order valence-electron chi connectivity index (χ1n) is 12.4. The van der Waals surface area contributed by atoms with Gasteiger partial charge in [0.05, 0.1) is 25.9 Å². The van der Waals surface area contributed by atoms with Gasteiger partial charge in [-0.05, 0) is 54.5 Å². The lowest BCUT2D eigenvalue weighted by Crippen LogP contribution is -2.56. The predicted octanol–water partition coefficient (Wildman–Crippen LogP) is 5.74. The molecule has 1 saturated heterocycles. The number of nitrogens with zero attached hydrogens (tertiary/aromatic N) is 1. The van der Waals surface area contributed by atoms with E-state index >= 15 is 0 Å². The number of methoxy groups -OCH3 is 2. The number of benzene rings is 2. The molecule has 1 heterocycles. The molecule has 2 aromatic carbocycles. The zero-order chi connectivity index (χ0) is 24.3. The molecule has 1 saturated carbocycles. The molecule has 1 aliphatic carbocycles. The Morgan fingerprint density at radius 1 is 1.09 bits per heavy atom. The second-order valence-electron chi connectivity index (χ2n) is 9.94. The summed E-state index contributed by atoms with van der Waals surface area (Å²) >= 11 is 0. The number of ether oxygens (including phenoxy) is 2. The van der Waals surface area contributed by atoms with E-state index in [0.717, 1.165) is 36.8 Å². The van der Waals surface area contributed by atoms with Gasteiger partial charge in [0.25, 0.3) is 0 Å². The standard InChI is InChI=1S/C29H37NO4/c1-20(2)22-11-8-21(9-12-22)10-15-27(31)30-18-17-29(32)16-6-5-7-25(29)28(30)24-14-13-23(33-3)19-26(24)34-4/h8-15,19-20,25,28,32H,5-7,16-18H2,1-4H3/b15-10+/t25-,28-,29+/m0/s1. The summed E-state index contributed by atoms with van der Waals surface area (Å²) in [5, 5.41) is 11.5. The molecule has 2 aliphatic rings. The van der Waals surface area contributed by atoms with Crippen LogP contribution in [0.15, 0.2) is 48.5 Å².